The van der Waals surface area contributed by atoms with Crippen LogP contribution in [0, 0.1) is 0 Å². The Labute approximate surface area is 170 Å². The predicted octanol–water partition coefficient (Wildman–Crippen LogP) is 2.71. The van der Waals surface area contributed by atoms with Crippen molar-refractivity contribution in [1.29, 1.82) is 0 Å². The first-order chi connectivity index (χ1) is 14.0. The van der Waals surface area contributed by atoms with Crippen molar-refractivity contribution in [3.05, 3.63) is 88.6 Å². The lowest BCUT2D eigenvalue weighted by atomic mass is 10.0. The van der Waals surface area contributed by atoms with Gasteiger partial charge in [0.25, 0.3) is 11.7 Å². The number of β-lactam (4-membered cyclic amide) rings is 1. The molecule has 0 bridgehead atoms. The van der Waals surface area contributed by atoms with Crippen LogP contribution < -0.4 is 0 Å². The van der Waals surface area contributed by atoms with Gasteiger partial charge in [0.2, 0.25) is 0 Å². The molecule has 0 aromatic heterocycles. The number of esters is 1. The maximum Gasteiger partial charge on any atom is 0.357 e. The van der Waals surface area contributed by atoms with Gasteiger partial charge in [0, 0.05) is 0 Å². The van der Waals surface area contributed by atoms with Crippen molar-refractivity contribution in [2.45, 2.75) is 18.4 Å². The summed E-state index contributed by atoms with van der Waals surface area (Å²) < 4.78 is 5.81. The Kier molecular flexibility index (Phi) is 4.88. The molecule has 144 valence electrons. The lowest BCUT2D eigenvalue weighted by Crippen LogP contribution is -2.62. The second-order valence-electron chi connectivity index (χ2n) is 6.50. The summed E-state index contributed by atoms with van der Waals surface area (Å²) in [5.74, 6) is -2.19. The van der Waals surface area contributed by atoms with Gasteiger partial charge in [0.15, 0.2) is 11.5 Å². The van der Waals surface area contributed by atoms with Gasteiger partial charge < -0.3 is 10.3 Å². The van der Waals surface area contributed by atoms with Gasteiger partial charge in [0.1, 0.15) is 5.70 Å². The molecule has 1 saturated heterocycles. The van der Waals surface area contributed by atoms with Gasteiger partial charge in [-0.25, -0.2) is 4.79 Å². The normalized spacial score (nSPS) is 18.3. The fourth-order valence-corrected chi connectivity index (χ4v) is 4.33. The van der Waals surface area contributed by atoms with E-state index in [0.717, 1.165) is 27.8 Å². The number of ketones is 1. The Morgan fingerprint density at radius 3 is 2.14 bits per heavy atom. The van der Waals surface area contributed by atoms with Crippen molar-refractivity contribution in [1.82, 2.24) is 4.90 Å². The maximum atomic E-state index is 13.1. The number of nitrogens with zero attached hydrogens (tertiary/aromatic N) is 3. The number of benzene rings is 2. The van der Waals surface area contributed by atoms with Crippen LogP contribution in [0.15, 0.2) is 71.9 Å². The van der Waals surface area contributed by atoms with Crippen LogP contribution in [0.2, 0.25) is 0 Å². The minimum atomic E-state index is -0.911. The van der Waals surface area contributed by atoms with Crippen LogP contribution in [-0.4, -0.2) is 37.8 Å². The predicted molar refractivity (Wildman–Crippen MR) is 105 cm³/mol. The second-order valence-corrected chi connectivity index (χ2v) is 7.56. The van der Waals surface area contributed by atoms with Gasteiger partial charge in [-0.1, -0.05) is 60.7 Å². The molecule has 1 fully saturated rings. The quantitative estimate of drug-likeness (QED) is 0.256. The lowest BCUT2D eigenvalue weighted by Gasteiger charge is -2.40. The molecule has 29 heavy (non-hydrogen) atoms. The van der Waals surface area contributed by atoms with Gasteiger partial charge in [-0.15, -0.1) is 0 Å². The number of hydrogen-bond donors (Lipinski definition) is 0. The van der Waals surface area contributed by atoms with Crippen molar-refractivity contribution in [2.24, 2.45) is 0 Å². The maximum absolute atomic E-state index is 13.1. The Morgan fingerprint density at radius 2 is 1.62 bits per heavy atom. The van der Waals surface area contributed by atoms with Crippen LogP contribution >= 0.6 is 11.8 Å². The standard InChI is InChI=1S/C21H15N3O4S/c1-12-15(24-19(26)16(25)20(24)29-18(12)23-22)21(27)28-17(13-8-4-2-5-9-13)14-10-6-3-7-11-14/h2-11,17,20H,1H3/t20-/m0/s1. The summed E-state index contributed by atoms with van der Waals surface area (Å²) >= 11 is 0.924. The van der Waals surface area contributed by atoms with E-state index in [1.165, 1.54) is 0 Å². The monoisotopic (exact) mass is 405 g/mol. The molecule has 0 unspecified atom stereocenters. The molecule has 0 aliphatic carbocycles. The number of ether oxygens (including phenoxy) is 1. The molecule has 2 aromatic rings. The fourth-order valence-electron chi connectivity index (χ4n) is 3.28. The molecule has 2 aliphatic rings. The summed E-state index contributed by atoms with van der Waals surface area (Å²) in [6, 6.07) is 18.4. The third kappa shape index (κ3) is 3.18. The highest BCUT2D eigenvalue weighted by Gasteiger charge is 2.56. The molecule has 0 saturated carbocycles. The van der Waals surface area contributed by atoms with E-state index in [-0.39, 0.29) is 16.3 Å². The number of Topliss-reactive ketones (excluding diaryl/α,β-unsaturated/α-hetero) is 1. The van der Waals surface area contributed by atoms with Crippen LogP contribution in [-0.2, 0) is 19.1 Å². The Balaban J connectivity index is 1.73. The highest BCUT2D eigenvalue weighted by Crippen LogP contribution is 2.40. The average molecular weight is 405 g/mol. The SMILES string of the molecule is CC1=C(C(=O)OC(c2ccccc2)c2ccccc2)N2C(=O)C(=O)[C@@H]2SC1=[N+]=[N-]. The Morgan fingerprint density at radius 1 is 1.07 bits per heavy atom. The number of rotatable bonds is 4. The summed E-state index contributed by atoms with van der Waals surface area (Å²) in [4.78, 5) is 41.4. The summed E-state index contributed by atoms with van der Waals surface area (Å²) in [5, 5.41) is -0.804. The average Bonchev–Trinajstić information content (AvgIpc) is 2.77. The van der Waals surface area contributed by atoms with Crippen LogP contribution in [0.5, 0.6) is 0 Å². The Bertz CT molecular complexity index is 1050. The molecule has 0 N–H and O–H groups in total. The first kappa shape index (κ1) is 18.9. The van der Waals surface area contributed by atoms with Crippen LogP contribution in [0.4, 0.5) is 0 Å². The largest absolute Gasteiger partial charge is 0.448 e. The van der Waals surface area contributed by atoms with E-state index in [0.29, 0.717) is 0 Å². The minimum Gasteiger partial charge on any atom is -0.448 e. The van der Waals surface area contributed by atoms with Crippen molar-refractivity contribution < 1.29 is 23.9 Å². The number of amides is 1. The molecule has 2 aliphatic heterocycles. The molecular weight excluding hydrogens is 390 g/mol. The molecule has 4 rings (SSSR count). The molecule has 1 atom stereocenters. The third-order valence-corrected chi connectivity index (χ3v) is 6.00. The summed E-state index contributed by atoms with van der Waals surface area (Å²) in [6.07, 6.45) is -0.708. The van der Waals surface area contributed by atoms with E-state index in [1.54, 1.807) is 6.92 Å². The van der Waals surface area contributed by atoms with Crippen LogP contribution in [0.1, 0.15) is 24.2 Å². The molecule has 1 amide bonds. The van der Waals surface area contributed by atoms with Gasteiger partial charge in [-0.05, 0) is 29.8 Å². The first-order valence-electron chi connectivity index (χ1n) is 8.81. The summed E-state index contributed by atoms with van der Waals surface area (Å²) in [6.45, 7) is 1.55. The van der Waals surface area contributed by atoms with Crippen molar-refractivity contribution in [3.63, 3.8) is 0 Å². The topological polar surface area (TPSA) is 100 Å². The van der Waals surface area contributed by atoms with Gasteiger partial charge in [-0.2, -0.15) is 4.79 Å². The highest BCUT2D eigenvalue weighted by atomic mass is 32.2. The van der Waals surface area contributed by atoms with Gasteiger partial charge in [0.05, 0.1) is 5.57 Å². The van der Waals surface area contributed by atoms with Crippen molar-refractivity contribution >= 4 is 34.5 Å². The van der Waals surface area contributed by atoms with Gasteiger partial charge >= 0.3 is 11.0 Å². The van der Waals surface area contributed by atoms with E-state index in [1.807, 2.05) is 60.7 Å². The number of thioether (sulfide) groups is 1. The highest BCUT2D eigenvalue weighted by molar-refractivity contribution is 8.15. The summed E-state index contributed by atoms with van der Waals surface area (Å²) in [5.41, 5.74) is 11.0. The zero-order valence-corrected chi connectivity index (χ0v) is 16.1. The molecule has 2 aromatic carbocycles. The van der Waals surface area contributed by atoms with Gasteiger partial charge in [-0.3, -0.25) is 14.5 Å². The van der Waals surface area contributed by atoms with E-state index in [9.17, 15) is 19.9 Å². The Hall–Kier alpha value is -3.48. The number of fused-ring (bicyclic) bond motifs is 1. The zero-order chi connectivity index (χ0) is 20.5. The van der Waals surface area contributed by atoms with Crippen LogP contribution in [0.25, 0.3) is 5.53 Å². The second kappa shape index (κ2) is 7.50. The molecule has 2 heterocycles. The number of carbonyl (C=O) groups is 3. The van der Waals surface area contributed by atoms with Crippen molar-refractivity contribution in [2.75, 3.05) is 0 Å². The minimum absolute atomic E-state index is 0.0805. The fraction of sp³-hybridized carbons (Fsp3) is 0.143. The smallest absolute Gasteiger partial charge is 0.357 e. The first-order valence-corrected chi connectivity index (χ1v) is 9.69. The van der Waals surface area contributed by atoms with E-state index >= 15 is 0 Å². The van der Waals surface area contributed by atoms with E-state index < -0.39 is 29.1 Å². The summed E-state index contributed by atoms with van der Waals surface area (Å²) in [7, 11) is 0. The lowest BCUT2D eigenvalue weighted by molar-refractivity contribution is -0.158. The van der Waals surface area contributed by atoms with E-state index in [4.69, 9.17) is 4.74 Å². The molecular formula is C21H15N3O4S. The molecule has 8 heteroatoms. The number of hydrogen-bond acceptors (Lipinski definition) is 5. The number of carbonyl (C=O) groups excluding carboxylic acids is 3. The van der Waals surface area contributed by atoms with E-state index in [2.05, 4.69) is 4.79 Å². The third-order valence-electron chi connectivity index (χ3n) is 4.74. The van der Waals surface area contributed by atoms with Crippen LogP contribution in [0.3, 0.4) is 0 Å². The molecule has 0 radical (unpaired) electrons. The molecule has 0 spiro atoms. The molecule has 7 nitrogen and oxygen atoms in total. The zero-order valence-electron chi connectivity index (χ0n) is 15.3. The van der Waals surface area contributed by atoms with Crippen molar-refractivity contribution in [3.8, 4) is 0 Å².